The number of alkyl halides is 3. The first-order valence-electron chi connectivity index (χ1n) is 8.67. The van der Waals surface area contributed by atoms with E-state index in [1.165, 1.54) is 30.3 Å². The Morgan fingerprint density at radius 2 is 1.64 bits per heavy atom. The molecule has 148 valence electrons. The summed E-state index contributed by atoms with van der Waals surface area (Å²) in [6, 6.07) is 8.77. The van der Waals surface area contributed by atoms with E-state index in [9.17, 15) is 22.8 Å². The molecule has 2 heterocycles. The van der Waals surface area contributed by atoms with E-state index < -0.39 is 17.6 Å². The highest BCUT2D eigenvalue weighted by atomic mass is 19.4. The minimum absolute atomic E-state index is 0.00239. The summed E-state index contributed by atoms with van der Waals surface area (Å²) < 4.78 is 38.4. The second kappa shape index (κ2) is 7.97. The van der Waals surface area contributed by atoms with Crippen LogP contribution >= 0.6 is 0 Å². The van der Waals surface area contributed by atoms with Crippen LogP contribution in [0.4, 0.5) is 18.9 Å². The van der Waals surface area contributed by atoms with Gasteiger partial charge in [-0.1, -0.05) is 12.1 Å². The van der Waals surface area contributed by atoms with E-state index in [2.05, 4.69) is 15.2 Å². The third-order valence-corrected chi connectivity index (χ3v) is 4.44. The third kappa shape index (κ3) is 4.66. The molecule has 6 nitrogen and oxygen atoms in total. The maximum Gasteiger partial charge on any atom is 0.416 e. The molecule has 1 aliphatic heterocycles. The monoisotopic (exact) mass is 392 g/mol. The summed E-state index contributed by atoms with van der Waals surface area (Å²) in [5.41, 5.74) is -0.784. The smallest absolute Gasteiger partial charge is 0.335 e. The minimum atomic E-state index is -4.51. The van der Waals surface area contributed by atoms with Crippen LogP contribution < -0.4 is 5.32 Å². The van der Waals surface area contributed by atoms with Crippen molar-refractivity contribution in [2.45, 2.75) is 6.18 Å². The predicted octanol–water partition coefficient (Wildman–Crippen LogP) is 2.74. The highest BCUT2D eigenvalue weighted by Gasteiger charge is 2.30. The van der Waals surface area contributed by atoms with Crippen LogP contribution in [-0.4, -0.2) is 59.8 Å². The van der Waals surface area contributed by atoms with Gasteiger partial charge in [-0.05, 0) is 37.4 Å². The summed E-state index contributed by atoms with van der Waals surface area (Å²) in [6.07, 6.45) is -4.51. The number of likely N-dealkylation sites (N-methyl/N-ethyl adjacent to an activating group) is 1. The average molecular weight is 392 g/mol. The highest BCUT2D eigenvalue weighted by molar-refractivity contribution is 6.03. The van der Waals surface area contributed by atoms with Gasteiger partial charge in [-0.15, -0.1) is 0 Å². The van der Waals surface area contributed by atoms with Crippen molar-refractivity contribution in [1.29, 1.82) is 0 Å². The van der Waals surface area contributed by atoms with Gasteiger partial charge < -0.3 is 15.1 Å². The molecule has 2 aromatic rings. The van der Waals surface area contributed by atoms with Gasteiger partial charge in [0.05, 0.1) is 5.56 Å². The van der Waals surface area contributed by atoms with E-state index in [1.807, 2.05) is 7.05 Å². The Morgan fingerprint density at radius 1 is 1.00 bits per heavy atom. The topological polar surface area (TPSA) is 65.5 Å². The lowest BCUT2D eigenvalue weighted by Crippen LogP contribution is -2.47. The van der Waals surface area contributed by atoms with E-state index in [4.69, 9.17) is 0 Å². The van der Waals surface area contributed by atoms with Crippen molar-refractivity contribution in [2.24, 2.45) is 0 Å². The SMILES string of the molecule is CN1CCN(C(=O)c2cccc(C(=O)Nc3cccc(C(F)(F)F)c3)n2)CC1. The number of aromatic nitrogens is 1. The van der Waals surface area contributed by atoms with Crippen molar-refractivity contribution in [3.8, 4) is 0 Å². The molecular weight excluding hydrogens is 373 g/mol. The number of rotatable bonds is 3. The molecule has 1 aromatic heterocycles. The number of hydrogen-bond donors (Lipinski definition) is 1. The van der Waals surface area contributed by atoms with E-state index in [1.54, 1.807) is 4.90 Å². The Labute approximate surface area is 160 Å². The lowest BCUT2D eigenvalue weighted by Gasteiger charge is -2.32. The van der Waals surface area contributed by atoms with Crippen LogP contribution in [0.2, 0.25) is 0 Å². The lowest BCUT2D eigenvalue weighted by molar-refractivity contribution is -0.137. The number of anilines is 1. The Kier molecular flexibility index (Phi) is 5.64. The zero-order valence-electron chi connectivity index (χ0n) is 15.2. The molecule has 3 rings (SSSR count). The van der Waals surface area contributed by atoms with Crippen molar-refractivity contribution >= 4 is 17.5 Å². The number of hydrogen-bond acceptors (Lipinski definition) is 4. The highest BCUT2D eigenvalue weighted by Crippen LogP contribution is 2.30. The molecule has 2 amide bonds. The molecule has 0 spiro atoms. The van der Waals surface area contributed by atoms with Crippen LogP contribution in [0.5, 0.6) is 0 Å². The van der Waals surface area contributed by atoms with Crippen LogP contribution in [0.15, 0.2) is 42.5 Å². The number of pyridine rings is 1. The zero-order valence-corrected chi connectivity index (χ0v) is 15.2. The maximum absolute atomic E-state index is 12.8. The van der Waals surface area contributed by atoms with Gasteiger partial charge in [-0.25, -0.2) is 4.98 Å². The van der Waals surface area contributed by atoms with Gasteiger partial charge in [0.1, 0.15) is 11.4 Å². The molecule has 0 saturated carbocycles. The van der Waals surface area contributed by atoms with Crippen molar-refractivity contribution in [2.75, 3.05) is 38.5 Å². The van der Waals surface area contributed by atoms with Crippen LogP contribution in [-0.2, 0) is 6.18 Å². The van der Waals surface area contributed by atoms with Crippen LogP contribution in [0.25, 0.3) is 0 Å². The van der Waals surface area contributed by atoms with E-state index in [0.29, 0.717) is 13.1 Å². The summed E-state index contributed by atoms with van der Waals surface area (Å²) >= 11 is 0. The molecule has 1 N–H and O–H groups in total. The summed E-state index contributed by atoms with van der Waals surface area (Å²) in [6.45, 7) is 2.64. The third-order valence-electron chi connectivity index (χ3n) is 4.44. The lowest BCUT2D eigenvalue weighted by atomic mass is 10.2. The number of carbonyl (C=O) groups is 2. The largest absolute Gasteiger partial charge is 0.416 e. The Balaban J connectivity index is 1.73. The number of carbonyl (C=O) groups excluding carboxylic acids is 2. The van der Waals surface area contributed by atoms with Gasteiger partial charge in [0.25, 0.3) is 11.8 Å². The van der Waals surface area contributed by atoms with Gasteiger partial charge in [0.2, 0.25) is 0 Å². The van der Waals surface area contributed by atoms with E-state index >= 15 is 0 Å². The van der Waals surface area contributed by atoms with Crippen molar-refractivity contribution in [1.82, 2.24) is 14.8 Å². The average Bonchev–Trinajstić information content (AvgIpc) is 2.67. The zero-order chi connectivity index (χ0) is 20.3. The molecular formula is C19H19F3N4O2. The molecule has 28 heavy (non-hydrogen) atoms. The first kappa shape index (κ1) is 19.8. The van der Waals surface area contributed by atoms with Gasteiger partial charge in [-0.3, -0.25) is 9.59 Å². The van der Waals surface area contributed by atoms with Gasteiger partial charge in [-0.2, -0.15) is 13.2 Å². The normalized spacial score (nSPS) is 15.4. The molecule has 1 aromatic carbocycles. The molecule has 1 aliphatic rings. The fourth-order valence-electron chi connectivity index (χ4n) is 2.82. The number of nitrogens with one attached hydrogen (secondary N) is 1. The first-order chi connectivity index (χ1) is 13.2. The van der Waals surface area contributed by atoms with Crippen LogP contribution in [0, 0.1) is 0 Å². The van der Waals surface area contributed by atoms with Crippen molar-refractivity contribution in [3.05, 3.63) is 59.4 Å². The van der Waals surface area contributed by atoms with Crippen molar-refractivity contribution < 1.29 is 22.8 Å². The first-order valence-corrected chi connectivity index (χ1v) is 8.67. The molecule has 0 bridgehead atoms. The predicted molar refractivity (Wildman–Crippen MR) is 97.0 cm³/mol. The van der Waals surface area contributed by atoms with Gasteiger partial charge >= 0.3 is 6.18 Å². The minimum Gasteiger partial charge on any atom is -0.335 e. The molecule has 1 fully saturated rings. The summed E-state index contributed by atoms with van der Waals surface area (Å²) in [5.74, 6) is -0.964. The number of nitrogens with zero attached hydrogens (tertiary/aromatic N) is 3. The molecule has 0 atom stereocenters. The summed E-state index contributed by atoms with van der Waals surface area (Å²) in [7, 11) is 1.97. The Hall–Kier alpha value is -2.94. The summed E-state index contributed by atoms with van der Waals surface area (Å²) in [4.78, 5) is 32.8. The number of benzene rings is 1. The quantitative estimate of drug-likeness (QED) is 0.873. The molecule has 0 radical (unpaired) electrons. The van der Waals surface area contributed by atoms with Crippen LogP contribution in [0.3, 0.4) is 0 Å². The molecule has 1 saturated heterocycles. The molecule has 0 aliphatic carbocycles. The Bertz CT molecular complexity index is 877. The van der Waals surface area contributed by atoms with Crippen LogP contribution in [0.1, 0.15) is 26.5 Å². The number of piperazine rings is 1. The Morgan fingerprint density at radius 3 is 2.32 bits per heavy atom. The number of amides is 2. The summed E-state index contributed by atoms with van der Waals surface area (Å²) in [5, 5.41) is 2.39. The molecule has 0 unspecified atom stereocenters. The fourth-order valence-corrected chi connectivity index (χ4v) is 2.82. The van der Waals surface area contributed by atoms with Gasteiger partial charge in [0.15, 0.2) is 0 Å². The van der Waals surface area contributed by atoms with Crippen molar-refractivity contribution in [3.63, 3.8) is 0 Å². The fraction of sp³-hybridized carbons (Fsp3) is 0.316. The molecule has 9 heteroatoms. The second-order valence-electron chi connectivity index (χ2n) is 6.54. The van der Waals surface area contributed by atoms with Gasteiger partial charge in [0, 0.05) is 31.9 Å². The number of halogens is 3. The van der Waals surface area contributed by atoms with E-state index in [-0.39, 0.29) is 23.0 Å². The standard InChI is InChI=1S/C19H19F3N4O2/c1-25-8-10-26(11-9-25)18(28)16-7-3-6-15(24-16)17(27)23-14-5-2-4-13(12-14)19(20,21)22/h2-7,12H,8-11H2,1H3,(H,23,27). The maximum atomic E-state index is 12.8. The second-order valence-corrected chi connectivity index (χ2v) is 6.54. The van der Waals surface area contributed by atoms with E-state index in [0.717, 1.165) is 25.2 Å².